The van der Waals surface area contributed by atoms with Crippen molar-refractivity contribution in [1.29, 1.82) is 0 Å². The Labute approximate surface area is 160 Å². The zero-order valence-corrected chi connectivity index (χ0v) is 16.2. The zero-order chi connectivity index (χ0) is 18.4. The number of hydrogen-bond donors (Lipinski definition) is 1. The van der Waals surface area contributed by atoms with Crippen LogP contribution >= 0.6 is 11.8 Å². The molecule has 3 nitrogen and oxygen atoms in total. The Hall–Kier alpha value is -1.78. The summed E-state index contributed by atoms with van der Waals surface area (Å²) in [5.41, 5.74) is 1.83. The van der Waals surface area contributed by atoms with Crippen LogP contribution in [0.15, 0.2) is 59.5 Å². The molecule has 1 amide bonds. The second-order valence-electron chi connectivity index (χ2n) is 7.20. The van der Waals surface area contributed by atoms with E-state index in [9.17, 15) is 9.90 Å². The fourth-order valence-electron chi connectivity index (χ4n) is 3.76. The molecule has 1 saturated heterocycles. The summed E-state index contributed by atoms with van der Waals surface area (Å²) in [4.78, 5) is 16.0. The number of benzene rings is 2. The molecular formula is C22H27NO2S. The van der Waals surface area contributed by atoms with E-state index in [1.54, 1.807) is 11.8 Å². The summed E-state index contributed by atoms with van der Waals surface area (Å²) in [5, 5.41) is 10.1. The molecule has 1 aliphatic heterocycles. The maximum atomic E-state index is 12.9. The minimum atomic E-state index is -0.192. The zero-order valence-electron chi connectivity index (χ0n) is 15.4. The van der Waals surface area contributed by atoms with Crippen molar-refractivity contribution in [2.75, 3.05) is 26.0 Å². The second kappa shape index (κ2) is 8.74. The molecule has 0 unspecified atom stereocenters. The Morgan fingerprint density at radius 2 is 1.88 bits per heavy atom. The maximum Gasteiger partial charge on any atom is 0.253 e. The predicted molar refractivity (Wildman–Crippen MR) is 108 cm³/mol. The SMILES string of the molecule is CSc1ccc(C(=O)N2CCC[C@@](CO)(CCc3ccccc3)C2)cc1. The van der Waals surface area contributed by atoms with Crippen molar-refractivity contribution in [3.05, 3.63) is 65.7 Å². The van der Waals surface area contributed by atoms with Crippen molar-refractivity contribution in [3.63, 3.8) is 0 Å². The molecular weight excluding hydrogens is 342 g/mol. The molecule has 1 fully saturated rings. The molecule has 0 aromatic heterocycles. The molecule has 0 spiro atoms. The van der Waals surface area contributed by atoms with E-state index < -0.39 is 0 Å². The van der Waals surface area contributed by atoms with Crippen LogP contribution in [0.25, 0.3) is 0 Å². The van der Waals surface area contributed by atoms with Gasteiger partial charge in [0.2, 0.25) is 0 Å². The van der Waals surface area contributed by atoms with E-state index in [2.05, 4.69) is 24.3 Å². The van der Waals surface area contributed by atoms with Gasteiger partial charge in [-0.15, -0.1) is 11.8 Å². The van der Waals surface area contributed by atoms with Gasteiger partial charge in [0.15, 0.2) is 0 Å². The third kappa shape index (κ3) is 4.49. The number of likely N-dealkylation sites (tertiary alicyclic amines) is 1. The highest BCUT2D eigenvalue weighted by molar-refractivity contribution is 7.98. The van der Waals surface area contributed by atoms with Gasteiger partial charge < -0.3 is 10.0 Å². The third-order valence-electron chi connectivity index (χ3n) is 5.41. The predicted octanol–water partition coefficient (Wildman–Crippen LogP) is 4.26. The van der Waals surface area contributed by atoms with Crippen molar-refractivity contribution < 1.29 is 9.90 Å². The molecule has 1 N–H and O–H groups in total. The summed E-state index contributed by atoms with van der Waals surface area (Å²) in [6.45, 7) is 1.55. The molecule has 0 radical (unpaired) electrons. The van der Waals surface area contributed by atoms with E-state index >= 15 is 0 Å². The molecule has 1 atom stereocenters. The van der Waals surface area contributed by atoms with E-state index in [1.807, 2.05) is 41.5 Å². The number of rotatable bonds is 6. The van der Waals surface area contributed by atoms with Gasteiger partial charge in [-0.25, -0.2) is 0 Å². The first-order chi connectivity index (χ1) is 12.7. The average Bonchev–Trinajstić information content (AvgIpc) is 2.73. The third-order valence-corrected chi connectivity index (χ3v) is 6.15. The number of carbonyl (C=O) groups is 1. The summed E-state index contributed by atoms with van der Waals surface area (Å²) >= 11 is 1.67. The minimum Gasteiger partial charge on any atom is -0.396 e. The highest BCUT2D eigenvalue weighted by Gasteiger charge is 2.36. The maximum absolute atomic E-state index is 12.9. The lowest BCUT2D eigenvalue weighted by Crippen LogP contribution is -2.48. The number of thioether (sulfide) groups is 1. The Morgan fingerprint density at radius 3 is 2.54 bits per heavy atom. The quantitative estimate of drug-likeness (QED) is 0.774. The molecule has 3 rings (SSSR count). The summed E-state index contributed by atoms with van der Waals surface area (Å²) < 4.78 is 0. The highest BCUT2D eigenvalue weighted by atomic mass is 32.2. The molecule has 2 aromatic carbocycles. The van der Waals surface area contributed by atoms with Gasteiger partial charge in [0.05, 0.1) is 6.61 Å². The van der Waals surface area contributed by atoms with Crippen LogP contribution in [0.1, 0.15) is 35.2 Å². The van der Waals surface area contributed by atoms with Crippen LogP contribution < -0.4 is 0 Å². The number of carbonyl (C=O) groups excluding carboxylic acids is 1. The van der Waals surface area contributed by atoms with E-state index in [-0.39, 0.29) is 17.9 Å². The van der Waals surface area contributed by atoms with E-state index in [1.165, 1.54) is 5.56 Å². The van der Waals surface area contributed by atoms with Crippen LogP contribution in [0.5, 0.6) is 0 Å². The normalized spacial score (nSPS) is 20.2. The number of nitrogens with zero attached hydrogens (tertiary/aromatic N) is 1. The number of piperidine rings is 1. The molecule has 0 saturated carbocycles. The smallest absolute Gasteiger partial charge is 0.253 e. The van der Waals surface area contributed by atoms with Crippen LogP contribution in [-0.4, -0.2) is 41.9 Å². The van der Waals surface area contributed by atoms with Gasteiger partial charge >= 0.3 is 0 Å². The molecule has 26 heavy (non-hydrogen) atoms. The van der Waals surface area contributed by atoms with E-state index in [0.717, 1.165) is 42.7 Å². The second-order valence-corrected chi connectivity index (χ2v) is 8.08. The summed E-state index contributed by atoms with van der Waals surface area (Å²) in [5.74, 6) is 0.0786. The first-order valence-electron chi connectivity index (χ1n) is 9.24. The molecule has 4 heteroatoms. The topological polar surface area (TPSA) is 40.5 Å². The van der Waals surface area contributed by atoms with Crippen LogP contribution in [0, 0.1) is 5.41 Å². The lowest BCUT2D eigenvalue weighted by Gasteiger charge is -2.42. The van der Waals surface area contributed by atoms with Crippen molar-refractivity contribution in [1.82, 2.24) is 4.90 Å². The average molecular weight is 370 g/mol. The summed E-state index contributed by atoms with van der Waals surface area (Å²) in [7, 11) is 0. The van der Waals surface area contributed by atoms with Gasteiger partial charge in [-0.1, -0.05) is 30.3 Å². The fourth-order valence-corrected chi connectivity index (χ4v) is 4.17. The Morgan fingerprint density at radius 1 is 1.15 bits per heavy atom. The van der Waals surface area contributed by atoms with Crippen LogP contribution in [0.3, 0.4) is 0 Å². The molecule has 0 bridgehead atoms. The van der Waals surface area contributed by atoms with Crippen molar-refractivity contribution in [2.24, 2.45) is 5.41 Å². The van der Waals surface area contributed by atoms with Crippen LogP contribution in [0.2, 0.25) is 0 Å². The number of aliphatic hydroxyl groups is 1. The van der Waals surface area contributed by atoms with Gasteiger partial charge in [0, 0.05) is 29.0 Å². The van der Waals surface area contributed by atoms with Crippen molar-refractivity contribution in [2.45, 2.75) is 30.6 Å². The molecule has 138 valence electrons. The Kier molecular flexibility index (Phi) is 6.38. The summed E-state index contributed by atoms with van der Waals surface area (Å²) in [6, 6.07) is 18.2. The molecule has 0 aliphatic carbocycles. The van der Waals surface area contributed by atoms with Crippen molar-refractivity contribution in [3.8, 4) is 0 Å². The van der Waals surface area contributed by atoms with Gasteiger partial charge in [-0.3, -0.25) is 4.79 Å². The first kappa shape index (κ1) is 19.0. The number of aliphatic hydroxyl groups excluding tert-OH is 1. The van der Waals surface area contributed by atoms with Gasteiger partial charge in [-0.05, 0) is 61.8 Å². The number of aryl methyl sites for hydroxylation is 1. The van der Waals surface area contributed by atoms with Gasteiger partial charge in [0.25, 0.3) is 5.91 Å². The van der Waals surface area contributed by atoms with Crippen LogP contribution in [-0.2, 0) is 6.42 Å². The lowest BCUT2D eigenvalue weighted by molar-refractivity contribution is 0.0228. The van der Waals surface area contributed by atoms with E-state index in [0.29, 0.717) is 6.54 Å². The monoisotopic (exact) mass is 369 g/mol. The van der Waals surface area contributed by atoms with Crippen molar-refractivity contribution >= 4 is 17.7 Å². The van der Waals surface area contributed by atoms with Gasteiger partial charge in [-0.2, -0.15) is 0 Å². The summed E-state index contributed by atoms with van der Waals surface area (Å²) in [6.07, 6.45) is 5.80. The molecule has 2 aromatic rings. The van der Waals surface area contributed by atoms with Crippen LogP contribution in [0.4, 0.5) is 0 Å². The van der Waals surface area contributed by atoms with E-state index in [4.69, 9.17) is 0 Å². The fraction of sp³-hybridized carbons (Fsp3) is 0.409. The molecule has 1 aliphatic rings. The Bertz CT molecular complexity index is 717. The first-order valence-corrected chi connectivity index (χ1v) is 10.5. The Balaban J connectivity index is 1.68. The number of amides is 1. The molecule has 1 heterocycles. The number of hydrogen-bond acceptors (Lipinski definition) is 3. The standard InChI is InChI=1S/C22H27NO2S/c1-26-20-10-8-19(9-11-20)21(25)23-15-5-13-22(16-23,17-24)14-12-18-6-3-2-4-7-18/h2-4,6-11,24H,5,12-17H2,1H3/t22-/m1/s1. The lowest BCUT2D eigenvalue weighted by atomic mass is 9.76. The van der Waals surface area contributed by atoms with Gasteiger partial charge in [0.1, 0.15) is 0 Å². The largest absolute Gasteiger partial charge is 0.396 e. The highest BCUT2D eigenvalue weighted by Crippen LogP contribution is 2.35. The minimum absolute atomic E-state index is 0.0786.